The molecule has 0 fully saturated rings. The number of halogens is 1. The van der Waals surface area contributed by atoms with Crippen LogP contribution in [0.3, 0.4) is 0 Å². The third kappa shape index (κ3) is 1.65. The maximum atomic E-state index is 13.9. The Kier molecular flexibility index (Phi) is 2.86. The van der Waals surface area contributed by atoms with Crippen molar-refractivity contribution in [2.75, 3.05) is 13.6 Å². The summed E-state index contributed by atoms with van der Waals surface area (Å²) in [6, 6.07) is 5.43. The molecule has 0 saturated heterocycles. The van der Waals surface area contributed by atoms with E-state index in [0.717, 1.165) is 30.3 Å². The van der Waals surface area contributed by atoms with Crippen molar-refractivity contribution in [2.24, 2.45) is 13.0 Å². The van der Waals surface area contributed by atoms with Gasteiger partial charge in [-0.15, -0.1) is 0 Å². The number of nitrogens with zero attached hydrogens (tertiary/aromatic N) is 1. The lowest BCUT2D eigenvalue weighted by atomic mass is 9.86. The summed E-state index contributed by atoms with van der Waals surface area (Å²) in [6.07, 6.45) is 3.32. The van der Waals surface area contributed by atoms with Gasteiger partial charge in [-0.25, -0.2) is 4.39 Å². The number of aromatic nitrogens is 1. The molecule has 2 nitrogen and oxygen atoms in total. The van der Waals surface area contributed by atoms with E-state index in [9.17, 15) is 4.39 Å². The highest BCUT2D eigenvalue weighted by atomic mass is 19.1. The van der Waals surface area contributed by atoms with Crippen LogP contribution in [0.2, 0.25) is 0 Å². The summed E-state index contributed by atoms with van der Waals surface area (Å²) < 4.78 is 16.0. The zero-order valence-electron chi connectivity index (χ0n) is 11.0. The molecule has 0 aliphatic heterocycles. The maximum Gasteiger partial charge on any atom is 0.147 e. The van der Waals surface area contributed by atoms with Crippen LogP contribution in [0.5, 0.6) is 0 Å². The minimum Gasteiger partial charge on any atom is -0.345 e. The van der Waals surface area contributed by atoms with Crippen molar-refractivity contribution in [3.05, 3.63) is 35.3 Å². The lowest BCUT2D eigenvalue weighted by molar-refractivity contribution is 0.434. The zero-order valence-corrected chi connectivity index (χ0v) is 11.0. The van der Waals surface area contributed by atoms with Gasteiger partial charge in [0.2, 0.25) is 0 Å². The van der Waals surface area contributed by atoms with Gasteiger partial charge in [-0.2, -0.15) is 0 Å². The summed E-state index contributed by atoms with van der Waals surface area (Å²) in [6.45, 7) is 1.05. The predicted octanol–water partition coefficient (Wildman–Crippen LogP) is 2.64. The monoisotopic (exact) mass is 246 g/mol. The fourth-order valence-corrected chi connectivity index (χ4v) is 3.33. The fraction of sp³-hybridized carbons (Fsp3) is 0.467. The number of aryl methyl sites for hydroxylation is 1. The number of para-hydroxylation sites is 1. The molecule has 1 atom stereocenters. The number of fused-ring (bicyclic) bond motifs is 3. The highest BCUT2D eigenvalue weighted by Gasteiger charge is 2.24. The molecule has 0 saturated carbocycles. The molecular weight excluding hydrogens is 227 g/mol. The quantitative estimate of drug-likeness (QED) is 0.862. The second-order valence-corrected chi connectivity index (χ2v) is 5.29. The van der Waals surface area contributed by atoms with Gasteiger partial charge in [0.25, 0.3) is 0 Å². The Morgan fingerprint density at radius 2 is 2.28 bits per heavy atom. The average Bonchev–Trinajstić information content (AvgIpc) is 2.65. The topological polar surface area (TPSA) is 17.0 Å². The molecule has 0 radical (unpaired) electrons. The number of benzene rings is 1. The van der Waals surface area contributed by atoms with Crippen LogP contribution < -0.4 is 5.32 Å². The Morgan fingerprint density at radius 3 is 3.06 bits per heavy atom. The van der Waals surface area contributed by atoms with Gasteiger partial charge in [0.1, 0.15) is 5.82 Å². The molecular formula is C15H19FN2. The first-order valence-corrected chi connectivity index (χ1v) is 6.61. The molecule has 0 spiro atoms. The first kappa shape index (κ1) is 11.7. The third-order valence-electron chi connectivity index (χ3n) is 4.18. The van der Waals surface area contributed by atoms with E-state index in [1.165, 1.54) is 17.7 Å². The molecule has 3 heteroatoms. The molecule has 0 bridgehead atoms. The van der Waals surface area contributed by atoms with E-state index < -0.39 is 0 Å². The molecule has 2 aromatic rings. The van der Waals surface area contributed by atoms with Crippen molar-refractivity contribution in [1.29, 1.82) is 0 Å². The molecule has 1 aromatic carbocycles. The van der Waals surface area contributed by atoms with E-state index in [-0.39, 0.29) is 5.82 Å². The van der Waals surface area contributed by atoms with Gasteiger partial charge in [-0.1, -0.05) is 12.1 Å². The van der Waals surface area contributed by atoms with Crippen LogP contribution in [-0.4, -0.2) is 18.2 Å². The van der Waals surface area contributed by atoms with Crippen LogP contribution in [0.1, 0.15) is 17.7 Å². The predicted molar refractivity (Wildman–Crippen MR) is 72.3 cm³/mol. The molecule has 1 aromatic heterocycles. The Balaban J connectivity index is 2.14. The average molecular weight is 246 g/mol. The summed E-state index contributed by atoms with van der Waals surface area (Å²) in [5.74, 6) is 0.575. The van der Waals surface area contributed by atoms with E-state index in [1.807, 2.05) is 20.2 Å². The van der Waals surface area contributed by atoms with E-state index in [4.69, 9.17) is 0 Å². The van der Waals surface area contributed by atoms with Crippen LogP contribution in [-0.2, 0) is 19.9 Å². The Morgan fingerprint density at radius 1 is 1.44 bits per heavy atom. The minimum absolute atomic E-state index is 0.102. The number of hydrogen-bond donors (Lipinski definition) is 1. The number of hydrogen-bond acceptors (Lipinski definition) is 1. The minimum atomic E-state index is -0.102. The van der Waals surface area contributed by atoms with Crippen molar-refractivity contribution in [3.8, 4) is 0 Å². The van der Waals surface area contributed by atoms with Crippen LogP contribution in [0.25, 0.3) is 10.9 Å². The van der Waals surface area contributed by atoms with E-state index in [2.05, 4.69) is 16.0 Å². The summed E-state index contributed by atoms with van der Waals surface area (Å²) >= 11 is 0. The van der Waals surface area contributed by atoms with E-state index >= 15 is 0 Å². The Hall–Kier alpha value is -1.35. The highest BCUT2D eigenvalue weighted by molar-refractivity contribution is 5.86. The van der Waals surface area contributed by atoms with Crippen molar-refractivity contribution in [3.63, 3.8) is 0 Å². The highest BCUT2D eigenvalue weighted by Crippen LogP contribution is 2.34. The van der Waals surface area contributed by atoms with Crippen molar-refractivity contribution in [1.82, 2.24) is 9.88 Å². The second-order valence-electron chi connectivity index (χ2n) is 5.29. The van der Waals surface area contributed by atoms with Gasteiger partial charge in [0.05, 0.1) is 5.52 Å². The molecule has 1 aliphatic rings. The van der Waals surface area contributed by atoms with Crippen LogP contribution >= 0.6 is 0 Å². The second kappa shape index (κ2) is 4.39. The molecule has 0 amide bonds. The van der Waals surface area contributed by atoms with Gasteiger partial charge in [0, 0.05) is 18.1 Å². The molecule has 96 valence electrons. The summed E-state index contributed by atoms with van der Waals surface area (Å²) in [5, 5.41) is 4.36. The molecule has 3 rings (SSSR count). The van der Waals surface area contributed by atoms with Crippen LogP contribution in [0, 0.1) is 11.7 Å². The Labute approximate surface area is 107 Å². The standard InChI is InChI=1S/C15H19FN2/c1-17-9-10-6-7-14-12(8-10)11-4-3-5-13(16)15(11)18(14)2/h3-5,10,17H,6-9H2,1-2H3. The summed E-state index contributed by atoms with van der Waals surface area (Å²) in [7, 11) is 3.99. The van der Waals surface area contributed by atoms with Gasteiger partial charge in [0.15, 0.2) is 0 Å². The lowest BCUT2D eigenvalue weighted by Gasteiger charge is -2.23. The molecule has 1 N–H and O–H groups in total. The molecule has 1 aliphatic carbocycles. The molecule has 1 unspecified atom stereocenters. The zero-order chi connectivity index (χ0) is 12.7. The largest absolute Gasteiger partial charge is 0.345 e. The smallest absolute Gasteiger partial charge is 0.147 e. The van der Waals surface area contributed by atoms with E-state index in [0.29, 0.717) is 5.92 Å². The molecule has 1 heterocycles. The third-order valence-corrected chi connectivity index (χ3v) is 4.18. The number of rotatable bonds is 2. The summed E-state index contributed by atoms with van der Waals surface area (Å²) in [4.78, 5) is 0. The van der Waals surface area contributed by atoms with E-state index in [1.54, 1.807) is 6.07 Å². The normalized spacial score (nSPS) is 19.2. The SMILES string of the molecule is CNCC1CCc2c(c3cccc(F)c3n2C)C1. The Bertz CT molecular complexity index is 586. The van der Waals surface area contributed by atoms with Crippen molar-refractivity contribution in [2.45, 2.75) is 19.3 Å². The van der Waals surface area contributed by atoms with Crippen LogP contribution in [0.15, 0.2) is 18.2 Å². The van der Waals surface area contributed by atoms with Gasteiger partial charge < -0.3 is 9.88 Å². The van der Waals surface area contributed by atoms with Crippen LogP contribution in [0.4, 0.5) is 4.39 Å². The fourth-order valence-electron chi connectivity index (χ4n) is 3.33. The van der Waals surface area contributed by atoms with Gasteiger partial charge in [-0.3, -0.25) is 0 Å². The summed E-state index contributed by atoms with van der Waals surface area (Å²) in [5.41, 5.74) is 3.45. The van der Waals surface area contributed by atoms with Crippen molar-refractivity contribution >= 4 is 10.9 Å². The van der Waals surface area contributed by atoms with Crippen molar-refractivity contribution < 1.29 is 4.39 Å². The molecule has 18 heavy (non-hydrogen) atoms. The number of nitrogens with one attached hydrogen (secondary N) is 1. The first-order valence-electron chi connectivity index (χ1n) is 6.61. The van der Waals surface area contributed by atoms with Gasteiger partial charge in [-0.05, 0) is 50.4 Å². The lowest BCUT2D eigenvalue weighted by Crippen LogP contribution is -2.25. The first-order chi connectivity index (χ1) is 8.72. The maximum absolute atomic E-state index is 13.9. The van der Waals surface area contributed by atoms with Gasteiger partial charge >= 0.3 is 0 Å².